The fourth-order valence-corrected chi connectivity index (χ4v) is 4.92. The summed E-state index contributed by atoms with van der Waals surface area (Å²) in [6, 6.07) is 6.21. The van der Waals surface area contributed by atoms with Crippen molar-refractivity contribution in [2.24, 2.45) is 11.3 Å². The number of anilines is 1. The van der Waals surface area contributed by atoms with Gasteiger partial charge in [-0.2, -0.15) is 0 Å². The molecule has 1 atom stereocenters. The summed E-state index contributed by atoms with van der Waals surface area (Å²) in [5.74, 6) is 4.32. The fraction of sp³-hybridized carbons (Fsp3) is 0.423. The van der Waals surface area contributed by atoms with Crippen LogP contribution in [-0.2, 0) is 14.3 Å². The first-order chi connectivity index (χ1) is 16.9. The molecule has 3 rings (SSSR count). The van der Waals surface area contributed by atoms with Gasteiger partial charge in [-0.25, -0.2) is 4.79 Å². The molecule has 0 radical (unpaired) electrons. The summed E-state index contributed by atoms with van der Waals surface area (Å²) in [5, 5.41) is 0.531. The maximum absolute atomic E-state index is 13.9. The molecular formula is C26H28Cl2N2O5S. The van der Waals surface area contributed by atoms with Crippen molar-refractivity contribution in [2.75, 3.05) is 45.4 Å². The van der Waals surface area contributed by atoms with Gasteiger partial charge >= 0.3 is 5.97 Å². The Balaban J connectivity index is 2.15. The summed E-state index contributed by atoms with van der Waals surface area (Å²) >= 11 is 13.5. The first-order valence-corrected chi connectivity index (χ1v) is 12.8. The van der Waals surface area contributed by atoms with Crippen LogP contribution in [0.2, 0.25) is 10.0 Å². The van der Waals surface area contributed by atoms with Gasteiger partial charge in [0.1, 0.15) is 4.88 Å². The Morgan fingerprint density at radius 1 is 1.28 bits per heavy atom. The summed E-state index contributed by atoms with van der Waals surface area (Å²) in [7, 11) is 2.96. The molecule has 2 amide bonds. The molecule has 1 aromatic carbocycles. The molecule has 2 heterocycles. The Morgan fingerprint density at radius 3 is 2.64 bits per heavy atom. The van der Waals surface area contributed by atoms with Crippen LogP contribution in [0.5, 0.6) is 0 Å². The van der Waals surface area contributed by atoms with Crippen LogP contribution in [0.1, 0.15) is 45.7 Å². The van der Waals surface area contributed by atoms with E-state index in [1.54, 1.807) is 24.1 Å². The Morgan fingerprint density at radius 2 is 2.00 bits per heavy atom. The summed E-state index contributed by atoms with van der Waals surface area (Å²) in [6.07, 6.45) is 0. The van der Waals surface area contributed by atoms with E-state index in [-0.39, 0.29) is 39.9 Å². The molecule has 0 bridgehead atoms. The van der Waals surface area contributed by atoms with Gasteiger partial charge < -0.3 is 19.3 Å². The van der Waals surface area contributed by atoms with Gasteiger partial charge in [0.2, 0.25) is 5.91 Å². The monoisotopic (exact) mass is 550 g/mol. The number of hydrogen-bond acceptors (Lipinski definition) is 6. The predicted octanol–water partition coefficient (Wildman–Crippen LogP) is 4.99. The Hall–Kier alpha value is -2.57. The largest absolute Gasteiger partial charge is 0.465 e. The molecule has 0 saturated carbocycles. The molecule has 1 aliphatic rings. The zero-order valence-electron chi connectivity index (χ0n) is 20.8. The highest BCUT2D eigenvalue weighted by molar-refractivity contribution is 7.15. The van der Waals surface area contributed by atoms with Crippen LogP contribution in [0.25, 0.3) is 0 Å². The van der Waals surface area contributed by atoms with Gasteiger partial charge in [-0.05, 0) is 45.0 Å². The second-order valence-electron chi connectivity index (χ2n) is 9.39. The highest BCUT2D eigenvalue weighted by Crippen LogP contribution is 2.34. The predicted molar refractivity (Wildman–Crippen MR) is 142 cm³/mol. The van der Waals surface area contributed by atoms with E-state index in [1.807, 2.05) is 20.8 Å². The molecule has 1 aromatic heterocycles. The number of thiophene rings is 1. The van der Waals surface area contributed by atoms with Gasteiger partial charge in [0.25, 0.3) is 5.91 Å². The molecule has 1 fully saturated rings. The van der Waals surface area contributed by atoms with Gasteiger partial charge in [-0.15, -0.1) is 11.3 Å². The first-order valence-electron chi connectivity index (χ1n) is 11.3. The van der Waals surface area contributed by atoms with E-state index in [1.165, 1.54) is 24.1 Å². The number of carbonyl (C=O) groups is 3. The van der Waals surface area contributed by atoms with Crippen LogP contribution in [-0.4, -0.2) is 63.1 Å². The van der Waals surface area contributed by atoms with E-state index in [4.69, 9.17) is 32.7 Å². The van der Waals surface area contributed by atoms with Gasteiger partial charge in [0.15, 0.2) is 0 Å². The summed E-state index contributed by atoms with van der Waals surface area (Å²) in [6.45, 7) is 6.87. The molecule has 192 valence electrons. The third kappa shape index (κ3) is 6.80. The lowest BCUT2D eigenvalue weighted by Crippen LogP contribution is -2.43. The van der Waals surface area contributed by atoms with E-state index < -0.39 is 17.8 Å². The van der Waals surface area contributed by atoms with E-state index in [9.17, 15) is 14.4 Å². The number of halogens is 2. The van der Waals surface area contributed by atoms with Crippen molar-refractivity contribution >= 4 is 58.0 Å². The number of amides is 2. The fourth-order valence-electron chi connectivity index (χ4n) is 3.50. The van der Waals surface area contributed by atoms with Gasteiger partial charge in [0.05, 0.1) is 47.4 Å². The number of esters is 1. The third-order valence-corrected chi connectivity index (χ3v) is 6.93. The summed E-state index contributed by atoms with van der Waals surface area (Å²) in [5.41, 5.74) is 0.206. The molecule has 1 aliphatic heterocycles. The van der Waals surface area contributed by atoms with Crippen molar-refractivity contribution in [3.8, 4) is 11.8 Å². The summed E-state index contributed by atoms with van der Waals surface area (Å²) in [4.78, 5) is 43.4. The SMILES string of the molecule is COC(=O)c1sc(C#CC(C)(C)C)cc1N(CC1COCCN(C)C1=O)C(=O)c1ccc(Cl)cc1Cl. The van der Waals surface area contributed by atoms with E-state index in [2.05, 4.69) is 11.8 Å². The Bertz CT molecular complexity index is 1230. The highest BCUT2D eigenvalue weighted by atomic mass is 35.5. The van der Waals surface area contributed by atoms with Crippen molar-refractivity contribution < 1.29 is 23.9 Å². The second-order valence-corrected chi connectivity index (χ2v) is 11.3. The molecule has 36 heavy (non-hydrogen) atoms. The van der Waals surface area contributed by atoms with Gasteiger partial charge in [-0.1, -0.05) is 35.0 Å². The number of benzene rings is 1. The van der Waals surface area contributed by atoms with Crippen LogP contribution in [0, 0.1) is 23.2 Å². The topological polar surface area (TPSA) is 76.2 Å². The van der Waals surface area contributed by atoms with E-state index >= 15 is 0 Å². The van der Waals surface area contributed by atoms with E-state index in [0.29, 0.717) is 28.7 Å². The van der Waals surface area contributed by atoms with Crippen molar-refractivity contribution in [1.82, 2.24) is 4.90 Å². The molecule has 10 heteroatoms. The molecular weight excluding hydrogens is 523 g/mol. The minimum atomic E-state index is -0.651. The summed E-state index contributed by atoms with van der Waals surface area (Å²) < 4.78 is 10.6. The number of nitrogens with zero attached hydrogens (tertiary/aromatic N) is 2. The molecule has 2 aromatic rings. The molecule has 0 aliphatic carbocycles. The smallest absolute Gasteiger partial charge is 0.350 e. The number of hydrogen-bond donors (Lipinski definition) is 0. The maximum Gasteiger partial charge on any atom is 0.350 e. The van der Waals surface area contributed by atoms with Gasteiger partial charge in [0, 0.05) is 30.6 Å². The van der Waals surface area contributed by atoms with Crippen LogP contribution >= 0.6 is 34.5 Å². The average Bonchev–Trinajstić information content (AvgIpc) is 3.17. The average molecular weight is 551 g/mol. The van der Waals surface area contributed by atoms with Gasteiger partial charge in [-0.3, -0.25) is 9.59 Å². The third-order valence-electron chi connectivity index (χ3n) is 5.36. The molecule has 7 nitrogen and oxygen atoms in total. The Kier molecular flexibility index (Phi) is 9.07. The molecule has 1 unspecified atom stereocenters. The van der Waals surface area contributed by atoms with Crippen LogP contribution in [0.4, 0.5) is 5.69 Å². The molecule has 1 saturated heterocycles. The Labute approximate surface area is 225 Å². The number of methoxy groups -OCH3 is 1. The zero-order chi connectivity index (χ0) is 26.6. The quantitative estimate of drug-likeness (QED) is 0.387. The standard InChI is InChI=1S/C26H28Cl2N2O5S/c1-26(2,3)9-8-18-13-21(22(36-18)25(33)34-5)30(14-16-15-35-11-10-29(4)23(16)31)24(32)19-7-6-17(27)12-20(19)28/h6-7,12-13,16H,10-11,14-15H2,1-5H3. The number of likely N-dealkylation sites (N-methyl/N-ethyl adjacent to an activating group) is 1. The minimum absolute atomic E-state index is 0.0339. The van der Waals surface area contributed by atoms with Crippen molar-refractivity contribution in [3.05, 3.63) is 49.6 Å². The minimum Gasteiger partial charge on any atom is -0.465 e. The number of rotatable bonds is 5. The molecule has 0 N–H and O–H groups in total. The van der Waals surface area contributed by atoms with Crippen LogP contribution in [0.3, 0.4) is 0 Å². The number of carbonyl (C=O) groups excluding carboxylic acids is 3. The lowest BCUT2D eigenvalue weighted by Gasteiger charge is -2.28. The normalized spacial score (nSPS) is 16.1. The second kappa shape index (κ2) is 11.7. The van der Waals surface area contributed by atoms with E-state index in [0.717, 1.165) is 11.3 Å². The highest BCUT2D eigenvalue weighted by Gasteiger charge is 2.34. The molecule has 0 spiro atoms. The van der Waals surface area contributed by atoms with Crippen molar-refractivity contribution in [3.63, 3.8) is 0 Å². The van der Waals surface area contributed by atoms with Crippen molar-refractivity contribution in [1.29, 1.82) is 0 Å². The lowest BCUT2D eigenvalue weighted by molar-refractivity contribution is -0.133. The lowest BCUT2D eigenvalue weighted by atomic mass is 9.98. The number of ether oxygens (including phenoxy) is 2. The maximum atomic E-state index is 13.9. The zero-order valence-corrected chi connectivity index (χ0v) is 23.1. The van der Waals surface area contributed by atoms with Crippen LogP contribution in [0.15, 0.2) is 24.3 Å². The van der Waals surface area contributed by atoms with Crippen LogP contribution < -0.4 is 4.90 Å². The first kappa shape index (κ1) is 28.0. The van der Waals surface area contributed by atoms with Crippen molar-refractivity contribution in [2.45, 2.75) is 20.8 Å².